The van der Waals surface area contributed by atoms with Crippen LogP contribution in [0.15, 0.2) is 30.5 Å². The van der Waals surface area contributed by atoms with E-state index < -0.39 is 0 Å². The van der Waals surface area contributed by atoms with Crippen LogP contribution in [-0.4, -0.2) is 51.8 Å². The number of carbonyl (C=O) groups is 2. The molecule has 176 valence electrons. The van der Waals surface area contributed by atoms with Crippen LogP contribution in [0.25, 0.3) is 21.3 Å². The zero-order chi connectivity index (χ0) is 23.4. The van der Waals surface area contributed by atoms with Crippen LogP contribution in [0.3, 0.4) is 0 Å². The topological polar surface area (TPSA) is 65.5 Å². The third kappa shape index (κ3) is 3.94. The molecule has 4 aliphatic heterocycles. The summed E-state index contributed by atoms with van der Waals surface area (Å²) in [7, 11) is 0. The number of nitrogens with zero attached hydrogens (tertiary/aromatic N) is 3. The number of hydrogen-bond acceptors (Lipinski definition) is 6. The molecule has 34 heavy (non-hydrogen) atoms. The van der Waals surface area contributed by atoms with E-state index in [0.717, 1.165) is 50.9 Å². The van der Waals surface area contributed by atoms with Crippen LogP contribution in [0.1, 0.15) is 41.7 Å². The second-order valence-electron chi connectivity index (χ2n) is 9.67. The maximum atomic E-state index is 12.1. The molecule has 4 saturated heterocycles. The summed E-state index contributed by atoms with van der Waals surface area (Å²) >= 11 is 8.18. The Morgan fingerprint density at radius 2 is 1.94 bits per heavy atom. The van der Waals surface area contributed by atoms with Crippen LogP contribution in [0.5, 0.6) is 0 Å². The number of amides is 2. The van der Waals surface area contributed by atoms with E-state index in [4.69, 9.17) is 11.6 Å². The highest BCUT2D eigenvalue weighted by molar-refractivity contribution is 7.19. The Labute approximate surface area is 207 Å². The lowest BCUT2D eigenvalue weighted by Crippen LogP contribution is -2.60. The lowest BCUT2D eigenvalue weighted by Gasteiger charge is -2.46. The molecule has 1 N–H and O–H groups in total. The molecule has 2 bridgehead atoms. The summed E-state index contributed by atoms with van der Waals surface area (Å²) in [5.74, 6) is -0.178. The molecule has 2 aromatic heterocycles. The van der Waals surface area contributed by atoms with Gasteiger partial charge in [-0.2, -0.15) is 0 Å². The molecule has 0 saturated carbocycles. The molecule has 6 heterocycles. The number of piperidine rings is 2. The third-order valence-corrected chi connectivity index (χ3v) is 8.84. The van der Waals surface area contributed by atoms with E-state index in [-0.39, 0.29) is 11.8 Å². The van der Waals surface area contributed by atoms with E-state index in [1.807, 2.05) is 12.3 Å². The SMILES string of the molecule is Cc1cc(Cl)cc(-c2ccnc3cc(CN4C(=O)CCC4=O)sc23)c1CN1CC2CCC1CN2. The molecule has 4 fully saturated rings. The Morgan fingerprint density at radius 3 is 2.65 bits per heavy atom. The summed E-state index contributed by atoms with van der Waals surface area (Å²) < 4.78 is 1.07. The number of benzene rings is 1. The van der Waals surface area contributed by atoms with Crippen LogP contribution >= 0.6 is 22.9 Å². The minimum atomic E-state index is -0.0892. The van der Waals surface area contributed by atoms with Gasteiger partial charge in [-0.1, -0.05) is 11.6 Å². The Hall–Kier alpha value is -2.32. The molecule has 0 radical (unpaired) electrons. The number of halogens is 1. The second-order valence-corrected chi connectivity index (χ2v) is 11.2. The maximum Gasteiger partial charge on any atom is 0.230 e. The fraction of sp³-hybridized carbons (Fsp3) is 0.423. The number of imide groups is 1. The summed E-state index contributed by atoms with van der Waals surface area (Å²) in [4.78, 5) is 33.8. The first-order valence-electron chi connectivity index (χ1n) is 11.9. The molecule has 2 atom stereocenters. The van der Waals surface area contributed by atoms with Crippen molar-refractivity contribution in [3.63, 3.8) is 0 Å². The second kappa shape index (κ2) is 8.72. The van der Waals surface area contributed by atoms with Gasteiger partial charge in [0, 0.05) is 66.2 Å². The van der Waals surface area contributed by atoms with E-state index >= 15 is 0 Å². The van der Waals surface area contributed by atoms with E-state index in [1.165, 1.54) is 28.9 Å². The van der Waals surface area contributed by atoms with Crippen molar-refractivity contribution in [1.29, 1.82) is 0 Å². The standard InChI is InChI=1S/C26H27ClN4O2S/c1-15-8-16(27)9-21(22(15)14-30-12-17-2-3-18(30)11-29-17)20-6-7-28-23-10-19(34-26(20)23)13-31-24(32)4-5-25(31)33/h6-10,17-18,29H,2-5,11-14H2,1H3. The van der Waals surface area contributed by atoms with Gasteiger partial charge in [-0.25, -0.2) is 0 Å². The molecular formula is C26H27ClN4O2S. The van der Waals surface area contributed by atoms with E-state index in [9.17, 15) is 9.59 Å². The van der Waals surface area contributed by atoms with E-state index in [1.54, 1.807) is 11.3 Å². The van der Waals surface area contributed by atoms with Crippen molar-refractivity contribution in [2.24, 2.45) is 0 Å². The van der Waals surface area contributed by atoms with Crippen LogP contribution in [0.4, 0.5) is 0 Å². The number of hydrogen-bond donors (Lipinski definition) is 1. The van der Waals surface area contributed by atoms with Gasteiger partial charge in [-0.15, -0.1) is 11.3 Å². The molecule has 8 heteroatoms. The molecule has 2 unspecified atom stereocenters. The number of aromatic nitrogens is 1. The van der Waals surface area contributed by atoms with Gasteiger partial charge in [0.15, 0.2) is 0 Å². The molecule has 2 amide bonds. The highest BCUT2D eigenvalue weighted by Gasteiger charge is 2.34. The quantitative estimate of drug-likeness (QED) is 0.529. The number of thiophene rings is 1. The smallest absolute Gasteiger partial charge is 0.230 e. The van der Waals surface area contributed by atoms with Crippen molar-refractivity contribution in [2.45, 2.75) is 57.8 Å². The van der Waals surface area contributed by atoms with Gasteiger partial charge in [0.05, 0.1) is 16.8 Å². The number of likely N-dealkylation sites (tertiary alicyclic amines) is 1. The van der Waals surface area contributed by atoms with Gasteiger partial charge in [0.1, 0.15) is 0 Å². The van der Waals surface area contributed by atoms with Gasteiger partial charge >= 0.3 is 0 Å². The summed E-state index contributed by atoms with van der Waals surface area (Å²) in [6, 6.07) is 9.37. The Morgan fingerprint density at radius 1 is 1.12 bits per heavy atom. The summed E-state index contributed by atoms with van der Waals surface area (Å²) in [5, 5.41) is 4.38. The minimum absolute atomic E-state index is 0.0892. The van der Waals surface area contributed by atoms with E-state index in [2.05, 4.69) is 40.3 Å². The first-order chi connectivity index (χ1) is 16.5. The van der Waals surface area contributed by atoms with Crippen molar-refractivity contribution < 1.29 is 9.59 Å². The summed E-state index contributed by atoms with van der Waals surface area (Å²) in [5.41, 5.74) is 5.66. The van der Waals surface area contributed by atoms with Crippen molar-refractivity contribution in [2.75, 3.05) is 13.1 Å². The molecule has 6 nitrogen and oxygen atoms in total. The van der Waals surface area contributed by atoms with Gasteiger partial charge < -0.3 is 5.32 Å². The Kier molecular flexibility index (Phi) is 5.68. The number of rotatable bonds is 5. The third-order valence-electron chi connectivity index (χ3n) is 7.48. The summed E-state index contributed by atoms with van der Waals surface area (Å²) in [6.07, 6.45) is 4.98. The Bertz CT molecular complexity index is 1280. The van der Waals surface area contributed by atoms with Gasteiger partial charge in [-0.05, 0) is 60.7 Å². The average molecular weight is 495 g/mol. The van der Waals surface area contributed by atoms with Crippen molar-refractivity contribution in [1.82, 2.24) is 20.1 Å². The highest BCUT2D eigenvalue weighted by atomic mass is 35.5. The van der Waals surface area contributed by atoms with Crippen LogP contribution < -0.4 is 5.32 Å². The lowest BCUT2D eigenvalue weighted by molar-refractivity contribution is -0.138. The minimum Gasteiger partial charge on any atom is -0.311 e. The first kappa shape index (κ1) is 22.2. The fourth-order valence-corrected chi connectivity index (χ4v) is 7.06. The predicted octanol–water partition coefficient (Wildman–Crippen LogP) is 4.51. The van der Waals surface area contributed by atoms with Gasteiger partial charge in [0.25, 0.3) is 0 Å². The molecule has 4 aliphatic rings. The number of fused-ring (bicyclic) bond motifs is 4. The van der Waals surface area contributed by atoms with Crippen molar-refractivity contribution in [3.8, 4) is 11.1 Å². The number of carbonyl (C=O) groups excluding carboxylic acids is 2. The van der Waals surface area contributed by atoms with Crippen molar-refractivity contribution in [3.05, 3.63) is 51.5 Å². The molecule has 0 aliphatic carbocycles. The molecule has 1 aromatic carbocycles. The maximum absolute atomic E-state index is 12.1. The number of pyridine rings is 1. The van der Waals surface area contributed by atoms with Crippen LogP contribution in [0, 0.1) is 6.92 Å². The number of nitrogens with one attached hydrogen (secondary N) is 1. The summed E-state index contributed by atoms with van der Waals surface area (Å²) in [6.45, 7) is 5.52. The Balaban J connectivity index is 1.39. The normalized spacial score (nSPS) is 22.9. The largest absolute Gasteiger partial charge is 0.311 e. The fourth-order valence-electron chi connectivity index (χ4n) is 5.65. The zero-order valence-electron chi connectivity index (χ0n) is 19.1. The number of piperazine rings is 1. The highest BCUT2D eigenvalue weighted by Crippen LogP contribution is 2.39. The first-order valence-corrected chi connectivity index (χ1v) is 13.1. The van der Waals surface area contributed by atoms with Crippen molar-refractivity contribution >= 4 is 45.0 Å². The zero-order valence-corrected chi connectivity index (χ0v) is 20.7. The predicted molar refractivity (Wildman–Crippen MR) is 135 cm³/mol. The molecule has 3 aromatic rings. The van der Waals surface area contributed by atoms with Gasteiger partial charge in [0.2, 0.25) is 11.8 Å². The lowest BCUT2D eigenvalue weighted by atomic mass is 9.90. The van der Waals surface area contributed by atoms with Crippen LogP contribution in [0.2, 0.25) is 5.02 Å². The molecule has 0 spiro atoms. The van der Waals surface area contributed by atoms with Gasteiger partial charge in [-0.3, -0.25) is 24.4 Å². The monoisotopic (exact) mass is 494 g/mol. The number of aryl methyl sites for hydroxylation is 1. The van der Waals surface area contributed by atoms with E-state index in [0.29, 0.717) is 31.5 Å². The van der Waals surface area contributed by atoms with Crippen LogP contribution in [-0.2, 0) is 22.7 Å². The molecule has 7 rings (SSSR count). The average Bonchev–Trinajstić information content (AvgIpc) is 3.39. The molecular weight excluding hydrogens is 468 g/mol.